The molecule has 0 unspecified atom stereocenters. The van der Waals surface area contributed by atoms with Gasteiger partial charge in [-0.15, -0.1) is 11.3 Å². The maximum Gasteiger partial charge on any atom is 0.263 e. The van der Waals surface area contributed by atoms with Gasteiger partial charge in [-0.2, -0.15) is 0 Å². The number of nitrogens with one attached hydrogen (secondary N) is 1. The maximum absolute atomic E-state index is 12.4. The first-order valence-corrected chi connectivity index (χ1v) is 9.71. The van der Waals surface area contributed by atoms with Crippen molar-refractivity contribution in [2.45, 2.75) is 6.42 Å². The van der Waals surface area contributed by atoms with E-state index in [1.807, 2.05) is 36.4 Å². The van der Waals surface area contributed by atoms with Gasteiger partial charge >= 0.3 is 0 Å². The molecule has 1 N–H and O–H groups in total. The summed E-state index contributed by atoms with van der Waals surface area (Å²) in [7, 11) is 0. The summed E-state index contributed by atoms with van der Waals surface area (Å²) in [6.07, 6.45) is 2.78. The first kappa shape index (κ1) is 16.8. The van der Waals surface area contributed by atoms with Crippen molar-refractivity contribution in [1.82, 2.24) is 10.3 Å². The summed E-state index contributed by atoms with van der Waals surface area (Å²) in [6, 6.07) is 20.4. The highest BCUT2D eigenvalue weighted by molar-refractivity contribution is 7.16. The maximum atomic E-state index is 12.4. The van der Waals surface area contributed by atoms with Crippen LogP contribution in [-0.2, 0) is 0 Å². The quantitative estimate of drug-likeness (QED) is 0.743. The van der Waals surface area contributed by atoms with E-state index in [4.69, 9.17) is 0 Å². The third-order valence-corrected chi connectivity index (χ3v) is 5.75. The van der Waals surface area contributed by atoms with Crippen LogP contribution in [0.25, 0.3) is 10.6 Å². The second-order valence-corrected chi connectivity index (χ2v) is 7.57. The molecule has 1 fully saturated rings. The van der Waals surface area contributed by atoms with Gasteiger partial charge in [-0.3, -0.25) is 4.79 Å². The van der Waals surface area contributed by atoms with E-state index >= 15 is 0 Å². The molecule has 0 aliphatic carbocycles. The van der Waals surface area contributed by atoms with Crippen LogP contribution in [0.5, 0.6) is 0 Å². The van der Waals surface area contributed by atoms with Crippen molar-refractivity contribution in [2.24, 2.45) is 5.92 Å². The Balaban J connectivity index is 1.32. The lowest BCUT2D eigenvalue weighted by molar-refractivity contribution is 0.0952. The Morgan fingerprint density at radius 1 is 1.12 bits per heavy atom. The van der Waals surface area contributed by atoms with E-state index in [1.165, 1.54) is 17.0 Å². The normalized spacial score (nSPS) is 16.6. The summed E-state index contributed by atoms with van der Waals surface area (Å²) in [4.78, 5) is 19.9. The molecule has 2 aromatic carbocycles. The SMILES string of the molecule is O=C(NC[C@H]1CCN(c2ccccc2)C1)c1cnc(-c2ccccc2)s1. The van der Waals surface area contributed by atoms with Gasteiger partial charge in [0.2, 0.25) is 0 Å². The van der Waals surface area contributed by atoms with Crippen LogP contribution in [0.1, 0.15) is 16.1 Å². The highest BCUT2D eigenvalue weighted by Crippen LogP contribution is 2.25. The molecule has 0 spiro atoms. The summed E-state index contributed by atoms with van der Waals surface area (Å²) in [5.74, 6) is 0.462. The van der Waals surface area contributed by atoms with Crippen LogP contribution in [0, 0.1) is 5.92 Å². The Labute approximate surface area is 157 Å². The van der Waals surface area contributed by atoms with E-state index < -0.39 is 0 Å². The molecule has 2 heterocycles. The number of anilines is 1. The van der Waals surface area contributed by atoms with E-state index in [0.717, 1.165) is 30.1 Å². The number of para-hydroxylation sites is 1. The number of aromatic nitrogens is 1. The van der Waals surface area contributed by atoms with Gasteiger partial charge in [0, 0.05) is 30.9 Å². The highest BCUT2D eigenvalue weighted by Gasteiger charge is 2.23. The van der Waals surface area contributed by atoms with Crippen molar-refractivity contribution in [3.8, 4) is 10.6 Å². The van der Waals surface area contributed by atoms with Gasteiger partial charge in [-0.25, -0.2) is 4.98 Å². The van der Waals surface area contributed by atoms with Crippen LogP contribution < -0.4 is 10.2 Å². The van der Waals surface area contributed by atoms with Gasteiger partial charge in [-0.05, 0) is 24.5 Å². The van der Waals surface area contributed by atoms with Crippen molar-refractivity contribution in [3.05, 3.63) is 71.7 Å². The molecule has 1 atom stereocenters. The lowest BCUT2D eigenvalue weighted by Gasteiger charge is -2.18. The van der Waals surface area contributed by atoms with Crippen molar-refractivity contribution in [3.63, 3.8) is 0 Å². The molecular weight excluding hydrogens is 342 g/mol. The molecule has 1 aliphatic rings. The van der Waals surface area contributed by atoms with E-state index in [9.17, 15) is 4.79 Å². The molecule has 1 saturated heterocycles. The molecule has 26 heavy (non-hydrogen) atoms. The second kappa shape index (κ2) is 7.70. The number of rotatable bonds is 5. The Morgan fingerprint density at radius 2 is 1.85 bits per heavy atom. The van der Waals surface area contributed by atoms with Crippen LogP contribution in [0.15, 0.2) is 66.9 Å². The lowest BCUT2D eigenvalue weighted by atomic mass is 10.1. The lowest BCUT2D eigenvalue weighted by Crippen LogP contribution is -2.30. The van der Waals surface area contributed by atoms with Gasteiger partial charge in [0.1, 0.15) is 9.88 Å². The first-order valence-electron chi connectivity index (χ1n) is 8.89. The number of hydrogen-bond donors (Lipinski definition) is 1. The van der Waals surface area contributed by atoms with Gasteiger partial charge in [0.25, 0.3) is 5.91 Å². The molecule has 0 saturated carbocycles. The molecule has 0 radical (unpaired) electrons. The number of carbonyl (C=O) groups excluding carboxylic acids is 1. The summed E-state index contributed by atoms with van der Waals surface area (Å²) in [5.41, 5.74) is 2.31. The predicted octanol–water partition coefficient (Wildman–Crippen LogP) is 4.07. The molecule has 1 aromatic heterocycles. The monoisotopic (exact) mass is 363 g/mol. The van der Waals surface area contributed by atoms with Crippen molar-refractivity contribution < 1.29 is 4.79 Å². The fourth-order valence-corrected chi connectivity index (χ4v) is 4.13. The third kappa shape index (κ3) is 3.78. The second-order valence-electron chi connectivity index (χ2n) is 6.54. The van der Waals surface area contributed by atoms with Crippen LogP contribution in [-0.4, -0.2) is 30.5 Å². The fraction of sp³-hybridized carbons (Fsp3) is 0.238. The number of thiazole rings is 1. The van der Waals surface area contributed by atoms with Crippen LogP contribution in [0.4, 0.5) is 5.69 Å². The average molecular weight is 363 g/mol. The Morgan fingerprint density at radius 3 is 2.62 bits per heavy atom. The Kier molecular flexibility index (Phi) is 4.97. The molecular formula is C21H21N3OS. The zero-order chi connectivity index (χ0) is 17.8. The third-order valence-electron chi connectivity index (χ3n) is 4.71. The number of hydrogen-bond acceptors (Lipinski definition) is 4. The molecule has 0 bridgehead atoms. The fourth-order valence-electron chi connectivity index (χ4n) is 3.29. The van der Waals surface area contributed by atoms with E-state index in [1.54, 1.807) is 6.20 Å². The number of nitrogens with zero attached hydrogens (tertiary/aromatic N) is 2. The zero-order valence-electron chi connectivity index (χ0n) is 14.5. The Hall–Kier alpha value is -2.66. The van der Waals surface area contributed by atoms with Gasteiger partial charge < -0.3 is 10.2 Å². The number of carbonyl (C=O) groups is 1. The van der Waals surface area contributed by atoms with Crippen molar-refractivity contribution in [2.75, 3.05) is 24.5 Å². The molecule has 3 aromatic rings. The van der Waals surface area contributed by atoms with Crippen molar-refractivity contribution >= 4 is 22.9 Å². The summed E-state index contributed by atoms with van der Waals surface area (Å²) in [5, 5.41) is 3.96. The standard InChI is InChI=1S/C21H21N3OS/c25-20(19-14-23-21(26-19)17-7-3-1-4-8-17)22-13-16-11-12-24(15-16)18-9-5-2-6-10-18/h1-10,14,16H,11-13,15H2,(H,22,25)/t16-/m1/s1. The molecule has 5 heteroatoms. The summed E-state index contributed by atoms with van der Waals surface area (Å²) >= 11 is 1.44. The number of benzene rings is 2. The minimum Gasteiger partial charge on any atom is -0.371 e. The average Bonchev–Trinajstić information content (AvgIpc) is 3.37. The Bertz CT molecular complexity index is 863. The van der Waals surface area contributed by atoms with Crippen molar-refractivity contribution in [1.29, 1.82) is 0 Å². The molecule has 1 amide bonds. The highest BCUT2D eigenvalue weighted by atomic mass is 32.1. The van der Waals surface area contributed by atoms with Crippen LogP contribution in [0.3, 0.4) is 0 Å². The van der Waals surface area contributed by atoms with Gasteiger partial charge in [-0.1, -0.05) is 48.5 Å². The largest absolute Gasteiger partial charge is 0.371 e. The van der Waals surface area contributed by atoms with Gasteiger partial charge in [0.05, 0.1) is 6.20 Å². The van der Waals surface area contributed by atoms with Crippen LogP contribution >= 0.6 is 11.3 Å². The summed E-state index contributed by atoms with van der Waals surface area (Å²) < 4.78 is 0. The minimum absolute atomic E-state index is 0.0251. The smallest absolute Gasteiger partial charge is 0.263 e. The van der Waals surface area contributed by atoms with Crippen LogP contribution in [0.2, 0.25) is 0 Å². The summed E-state index contributed by atoms with van der Waals surface area (Å²) in [6.45, 7) is 2.74. The first-order chi connectivity index (χ1) is 12.8. The molecule has 4 nitrogen and oxygen atoms in total. The minimum atomic E-state index is -0.0251. The van der Waals surface area contributed by atoms with E-state index in [0.29, 0.717) is 17.3 Å². The predicted molar refractivity (Wildman–Crippen MR) is 107 cm³/mol. The van der Waals surface area contributed by atoms with E-state index in [-0.39, 0.29) is 5.91 Å². The molecule has 4 rings (SSSR count). The molecule has 132 valence electrons. The number of amides is 1. The zero-order valence-corrected chi connectivity index (χ0v) is 15.3. The molecule has 1 aliphatic heterocycles. The van der Waals surface area contributed by atoms with E-state index in [2.05, 4.69) is 39.5 Å². The van der Waals surface area contributed by atoms with Gasteiger partial charge in [0.15, 0.2) is 0 Å². The topological polar surface area (TPSA) is 45.2 Å².